The van der Waals surface area contributed by atoms with Crippen molar-refractivity contribution in [3.05, 3.63) is 78.1 Å². The van der Waals surface area contributed by atoms with Gasteiger partial charge in [0.1, 0.15) is 0 Å². The monoisotopic (exact) mass is 691 g/mol. The third kappa shape index (κ3) is 6.48. The number of rotatable bonds is 10. The standard InChI is InChI=1S/C23H21Br4NO4/c1-29-13-31-22-18(26)8-16(24)10-20(22)28(12-15-6-4-3-5-7-15)21-11-17(25)9-19(27)23(21)32-14-30-2/h3-11H,12-14H2,1-2H3. The predicted molar refractivity (Wildman–Crippen MR) is 141 cm³/mol. The Morgan fingerprint density at radius 2 is 1.16 bits per heavy atom. The summed E-state index contributed by atoms with van der Waals surface area (Å²) in [6, 6.07) is 18.1. The molecule has 3 aromatic carbocycles. The van der Waals surface area contributed by atoms with Gasteiger partial charge in [-0.3, -0.25) is 0 Å². The van der Waals surface area contributed by atoms with Gasteiger partial charge in [0.15, 0.2) is 25.1 Å². The average molecular weight is 695 g/mol. The first-order chi connectivity index (χ1) is 15.4. The average Bonchev–Trinajstić information content (AvgIpc) is 2.76. The molecule has 3 aromatic rings. The molecule has 0 radical (unpaired) electrons. The van der Waals surface area contributed by atoms with Gasteiger partial charge in [-0.2, -0.15) is 0 Å². The second-order valence-corrected chi connectivity index (χ2v) is 10.2. The molecule has 170 valence electrons. The lowest BCUT2D eigenvalue weighted by Gasteiger charge is -2.30. The molecular weight excluding hydrogens is 674 g/mol. The number of ether oxygens (including phenoxy) is 4. The number of hydrogen-bond acceptors (Lipinski definition) is 5. The number of halogens is 4. The zero-order chi connectivity index (χ0) is 23.1. The summed E-state index contributed by atoms with van der Waals surface area (Å²) in [5.74, 6) is 1.31. The smallest absolute Gasteiger partial charge is 0.188 e. The molecule has 9 heteroatoms. The first-order valence-corrected chi connectivity index (χ1v) is 12.6. The van der Waals surface area contributed by atoms with Crippen molar-refractivity contribution >= 4 is 75.1 Å². The maximum absolute atomic E-state index is 5.97. The molecule has 0 aliphatic heterocycles. The van der Waals surface area contributed by atoms with Crippen LogP contribution in [0.2, 0.25) is 0 Å². The number of methoxy groups -OCH3 is 2. The number of anilines is 2. The Balaban J connectivity index is 2.23. The van der Waals surface area contributed by atoms with E-state index in [1.165, 1.54) is 0 Å². The van der Waals surface area contributed by atoms with E-state index in [0.717, 1.165) is 34.8 Å². The fourth-order valence-corrected chi connectivity index (χ4v) is 5.72. The largest absolute Gasteiger partial charge is 0.464 e. The Labute approximate surface area is 221 Å². The molecule has 3 rings (SSSR count). The first-order valence-electron chi connectivity index (χ1n) is 9.47. The minimum absolute atomic E-state index is 0.113. The van der Waals surface area contributed by atoms with Crippen molar-refractivity contribution in [2.75, 3.05) is 32.7 Å². The molecule has 32 heavy (non-hydrogen) atoms. The van der Waals surface area contributed by atoms with Crippen molar-refractivity contribution in [1.82, 2.24) is 0 Å². The van der Waals surface area contributed by atoms with Crippen LogP contribution in [0.5, 0.6) is 11.5 Å². The predicted octanol–water partition coefficient (Wildman–Crippen LogP) is 8.04. The lowest BCUT2D eigenvalue weighted by molar-refractivity contribution is 0.0504. The molecule has 0 saturated heterocycles. The van der Waals surface area contributed by atoms with E-state index in [-0.39, 0.29) is 13.6 Å². The fraction of sp³-hybridized carbons (Fsp3) is 0.217. The third-order valence-electron chi connectivity index (χ3n) is 4.38. The summed E-state index contributed by atoms with van der Waals surface area (Å²) in [6.45, 7) is 0.794. The van der Waals surface area contributed by atoms with Crippen LogP contribution in [0.1, 0.15) is 5.56 Å². The highest BCUT2D eigenvalue weighted by atomic mass is 79.9. The van der Waals surface area contributed by atoms with Crippen molar-refractivity contribution in [2.45, 2.75) is 6.54 Å². The Morgan fingerprint density at radius 1 is 0.688 bits per heavy atom. The Bertz CT molecular complexity index is 986. The molecule has 0 aliphatic rings. The molecule has 0 bridgehead atoms. The van der Waals surface area contributed by atoms with Crippen molar-refractivity contribution in [2.24, 2.45) is 0 Å². The van der Waals surface area contributed by atoms with Crippen LogP contribution in [0.25, 0.3) is 0 Å². The van der Waals surface area contributed by atoms with Gasteiger partial charge >= 0.3 is 0 Å². The topological polar surface area (TPSA) is 40.2 Å². The van der Waals surface area contributed by atoms with Crippen molar-refractivity contribution in [1.29, 1.82) is 0 Å². The van der Waals surface area contributed by atoms with Gasteiger partial charge in [0.05, 0.1) is 20.3 Å². The van der Waals surface area contributed by atoms with Crippen LogP contribution in [-0.2, 0) is 16.0 Å². The molecule has 5 nitrogen and oxygen atoms in total. The lowest BCUT2D eigenvalue weighted by atomic mass is 10.1. The third-order valence-corrected chi connectivity index (χ3v) is 6.48. The van der Waals surface area contributed by atoms with E-state index < -0.39 is 0 Å². The van der Waals surface area contributed by atoms with Crippen LogP contribution < -0.4 is 14.4 Å². The van der Waals surface area contributed by atoms with E-state index in [0.29, 0.717) is 18.0 Å². The van der Waals surface area contributed by atoms with E-state index in [1.807, 2.05) is 42.5 Å². The summed E-state index contributed by atoms with van der Waals surface area (Å²) >= 11 is 14.5. The fourth-order valence-electron chi connectivity index (χ4n) is 3.08. The highest BCUT2D eigenvalue weighted by Crippen LogP contribution is 2.47. The zero-order valence-electron chi connectivity index (χ0n) is 17.4. The Kier molecular flexibility index (Phi) is 9.88. The minimum Gasteiger partial charge on any atom is -0.464 e. The molecule has 0 fully saturated rings. The van der Waals surface area contributed by atoms with Gasteiger partial charge in [0.25, 0.3) is 0 Å². The molecule has 0 saturated carbocycles. The van der Waals surface area contributed by atoms with Crippen LogP contribution in [0.4, 0.5) is 11.4 Å². The van der Waals surface area contributed by atoms with Crippen LogP contribution in [0.15, 0.2) is 72.5 Å². The van der Waals surface area contributed by atoms with E-state index in [4.69, 9.17) is 18.9 Å². The van der Waals surface area contributed by atoms with E-state index >= 15 is 0 Å². The van der Waals surface area contributed by atoms with Gasteiger partial charge in [-0.15, -0.1) is 0 Å². The van der Waals surface area contributed by atoms with E-state index in [1.54, 1.807) is 14.2 Å². The quantitative estimate of drug-likeness (QED) is 0.201. The summed E-state index contributed by atoms with van der Waals surface area (Å²) in [6.07, 6.45) is 0. The zero-order valence-corrected chi connectivity index (χ0v) is 23.8. The summed E-state index contributed by atoms with van der Waals surface area (Å²) in [7, 11) is 3.19. The molecule has 0 aliphatic carbocycles. The normalized spacial score (nSPS) is 10.8. The summed E-state index contributed by atoms with van der Waals surface area (Å²) in [5.41, 5.74) is 2.79. The SMILES string of the molecule is COCOc1c(Br)cc(Br)cc1N(Cc1ccccc1)c1cc(Br)cc(Br)c1OCOC. The Morgan fingerprint density at radius 3 is 1.59 bits per heavy atom. The molecule has 0 atom stereocenters. The van der Waals surface area contributed by atoms with Crippen molar-refractivity contribution in [3.63, 3.8) is 0 Å². The molecule has 0 N–H and O–H groups in total. The molecule has 0 amide bonds. The highest BCUT2D eigenvalue weighted by molar-refractivity contribution is 9.11. The van der Waals surface area contributed by atoms with E-state index in [9.17, 15) is 0 Å². The molecule has 0 heterocycles. The van der Waals surface area contributed by atoms with Crippen molar-refractivity contribution < 1.29 is 18.9 Å². The van der Waals surface area contributed by atoms with Crippen LogP contribution in [0.3, 0.4) is 0 Å². The van der Waals surface area contributed by atoms with Gasteiger partial charge in [-0.1, -0.05) is 62.2 Å². The molecule has 0 unspecified atom stereocenters. The summed E-state index contributed by atoms with van der Waals surface area (Å²) < 4.78 is 25.7. The van der Waals surface area contributed by atoms with Crippen LogP contribution in [-0.4, -0.2) is 27.8 Å². The Hall–Kier alpha value is -1.10. The maximum Gasteiger partial charge on any atom is 0.188 e. The molecule has 0 aromatic heterocycles. The summed E-state index contributed by atoms with van der Waals surface area (Å²) in [5, 5.41) is 0. The number of benzene rings is 3. The number of nitrogens with zero attached hydrogens (tertiary/aromatic N) is 1. The number of hydrogen-bond donors (Lipinski definition) is 0. The van der Waals surface area contributed by atoms with Gasteiger partial charge in [0, 0.05) is 29.7 Å². The molecular formula is C23H21Br4NO4. The first kappa shape index (κ1) is 25.5. The van der Waals surface area contributed by atoms with Gasteiger partial charge in [-0.25, -0.2) is 0 Å². The van der Waals surface area contributed by atoms with Crippen molar-refractivity contribution in [3.8, 4) is 11.5 Å². The van der Waals surface area contributed by atoms with E-state index in [2.05, 4.69) is 80.8 Å². The highest BCUT2D eigenvalue weighted by Gasteiger charge is 2.24. The second kappa shape index (κ2) is 12.4. The van der Waals surface area contributed by atoms with Gasteiger partial charge in [0.2, 0.25) is 0 Å². The van der Waals surface area contributed by atoms with Gasteiger partial charge < -0.3 is 23.8 Å². The molecule has 0 spiro atoms. The lowest BCUT2D eigenvalue weighted by Crippen LogP contribution is -2.20. The minimum atomic E-state index is 0.113. The maximum atomic E-state index is 5.97. The summed E-state index contributed by atoms with van der Waals surface area (Å²) in [4.78, 5) is 2.14. The van der Waals surface area contributed by atoms with Gasteiger partial charge in [-0.05, 0) is 61.7 Å². The van der Waals surface area contributed by atoms with Crippen LogP contribution >= 0.6 is 63.7 Å². The second-order valence-electron chi connectivity index (χ2n) is 6.65. The van der Waals surface area contributed by atoms with Crippen LogP contribution in [0, 0.1) is 0 Å².